The first-order valence-corrected chi connectivity index (χ1v) is 9.30. The molecule has 1 saturated heterocycles. The van der Waals surface area contributed by atoms with E-state index in [1.165, 1.54) is 0 Å². The molecular weight excluding hydrogens is 338 g/mol. The van der Waals surface area contributed by atoms with Gasteiger partial charge in [-0.1, -0.05) is 0 Å². The van der Waals surface area contributed by atoms with E-state index in [1.54, 1.807) is 23.3 Å². The van der Waals surface area contributed by atoms with Crippen LogP contribution in [-0.2, 0) is 10.3 Å². The number of benzene rings is 1. The molecule has 1 aliphatic heterocycles. The van der Waals surface area contributed by atoms with Crippen molar-refractivity contribution in [2.75, 3.05) is 20.2 Å². The molecule has 25 heavy (non-hydrogen) atoms. The fraction of sp³-hybridized carbons (Fsp3) is 0.526. The highest BCUT2D eigenvalue weighted by Crippen LogP contribution is 2.40. The van der Waals surface area contributed by atoms with Gasteiger partial charge in [0.25, 0.3) is 0 Å². The van der Waals surface area contributed by atoms with Crippen LogP contribution in [-0.4, -0.2) is 41.9 Å². The van der Waals surface area contributed by atoms with Crippen molar-refractivity contribution in [3.05, 3.63) is 29.1 Å². The molecule has 1 aromatic carbocycles. The van der Waals surface area contributed by atoms with Crippen LogP contribution in [0.4, 0.5) is 4.79 Å². The van der Waals surface area contributed by atoms with E-state index in [4.69, 9.17) is 9.47 Å². The lowest BCUT2D eigenvalue weighted by Crippen LogP contribution is -2.46. The lowest BCUT2D eigenvalue weighted by molar-refractivity contribution is -0.0334. The SMILES string of the molecule is COc1ccc2cc(C3(O)CCN(C(=O)OC(C)(C)C)CC3)sc2c1. The number of aliphatic hydroxyl groups is 1. The van der Waals surface area contributed by atoms with Crippen molar-refractivity contribution < 1.29 is 19.4 Å². The number of rotatable bonds is 2. The van der Waals surface area contributed by atoms with Crippen molar-refractivity contribution in [1.29, 1.82) is 0 Å². The highest BCUT2D eigenvalue weighted by molar-refractivity contribution is 7.19. The molecule has 1 fully saturated rings. The minimum Gasteiger partial charge on any atom is -0.497 e. The highest BCUT2D eigenvalue weighted by atomic mass is 32.1. The molecule has 1 amide bonds. The first kappa shape index (κ1) is 18.0. The summed E-state index contributed by atoms with van der Waals surface area (Å²) in [5.41, 5.74) is -1.40. The summed E-state index contributed by atoms with van der Waals surface area (Å²) in [5.74, 6) is 0.813. The average Bonchev–Trinajstić information content (AvgIpc) is 2.97. The van der Waals surface area contributed by atoms with Gasteiger partial charge in [0, 0.05) is 22.7 Å². The molecule has 0 radical (unpaired) electrons. The van der Waals surface area contributed by atoms with Gasteiger partial charge in [0.05, 0.1) is 7.11 Å². The van der Waals surface area contributed by atoms with Gasteiger partial charge in [-0.2, -0.15) is 0 Å². The third-order valence-electron chi connectivity index (χ3n) is 4.43. The van der Waals surface area contributed by atoms with Gasteiger partial charge < -0.3 is 19.5 Å². The number of nitrogens with zero attached hydrogens (tertiary/aromatic N) is 1. The summed E-state index contributed by atoms with van der Waals surface area (Å²) in [5, 5.41) is 12.2. The van der Waals surface area contributed by atoms with E-state index in [9.17, 15) is 9.90 Å². The standard InChI is InChI=1S/C19H25NO4S/c1-18(2,3)24-17(21)20-9-7-19(22,8-10-20)16-11-13-5-6-14(23-4)12-15(13)25-16/h5-6,11-12,22H,7-10H2,1-4H3. The van der Waals surface area contributed by atoms with Crippen molar-refractivity contribution in [2.24, 2.45) is 0 Å². The predicted octanol–water partition coefficient (Wildman–Crippen LogP) is 4.13. The Labute approximate surface area is 152 Å². The summed E-state index contributed by atoms with van der Waals surface area (Å²) in [6.45, 7) is 6.55. The number of carbonyl (C=O) groups is 1. The normalized spacial score (nSPS) is 17.6. The summed E-state index contributed by atoms with van der Waals surface area (Å²) >= 11 is 1.59. The molecular formula is C19H25NO4S. The van der Waals surface area contributed by atoms with Crippen molar-refractivity contribution in [2.45, 2.75) is 44.8 Å². The number of amides is 1. The third kappa shape index (κ3) is 3.90. The number of methoxy groups -OCH3 is 1. The second-order valence-corrected chi connectivity index (χ2v) is 8.60. The Kier molecular flexibility index (Phi) is 4.68. The van der Waals surface area contributed by atoms with Crippen LogP contribution in [0.5, 0.6) is 5.75 Å². The largest absolute Gasteiger partial charge is 0.497 e. The number of carbonyl (C=O) groups excluding carboxylic acids is 1. The lowest BCUT2D eigenvalue weighted by atomic mass is 9.90. The molecule has 136 valence electrons. The molecule has 5 nitrogen and oxygen atoms in total. The van der Waals surface area contributed by atoms with Gasteiger partial charge in [-0.15, -0.1) is 11.3 Å². The molecule has 0 spiro atoms. The quantitative estimate of drug-likeness (QED) is 0.872. The summed E-state index contributed by atoms with van der Waals surface area (Å²) in [6.07, 6.45) is 0.711. The van der Waals surface area contributed by atoms with E-state index in [2.05, 4.69) is 0 Å². The van der Waals surface area contributed by atoms with E-state index < -0.39 is 11.2 Å². The molecule has 2 heterocycles. The fourth-order valence-corrected chi connectivity index (χ4v) is 4.24. The van der Waals surface area contributed by atoms with Crippen LogP contribution in [0.2, 0.25) is 0 Å². The highest BCUT2D eigenvalue weighted by Gasteiger charge is 2.37. The zero-order chi connectivity index (χ0) is 18.2. The fourth-order valence-electron chi connectivity index (χ4n) is 3.00. The number of hydrogen-bond acceptors (Lipinski definition) is 5. The van der Waals surface area contributed by atoms with Gasteiger partial charge >= 0.3 is 6.09 Å². The van der Waals surface area contributed by atoms with Crippen molar-refractivity contribution in [1.82, 2.24) is 4.90 Å². The molecule has 1 aromatic heterocycles. The molecule has 1 N–H and O–H groups in total. The summed E-state index contributed by atoms with van der Waals surface area (Å²) in [6, 6.07) is 7.96. The summed E-state index contributed by atoms with van der Waals surface area (Å²) in [4.78, 5) is 14.8. The van der Waals surface area contributed by atoms with Crippen molar-refractivity contribution in [3.8, 4) is 5.75 Å². The number of thiophene rings is 1. The maximum Gasteiger partial charge on any atom is 0.410 e. The number of fused-ring (bicyclic) bond motifs is 1. The zero-order valence-electron chi connectivity index (χ0n) is 15.2. The van der Waals surface area contributed by atoms with E-state index in [0.717, 1.165) is 20.7 Å². The van der Waals surface area contributed by atoms with Crippen LogP contribution in [0.25, 0.3) is 10.1 Å². The van der Waals surface area contributed by atoms with Gasteiger partial charge in [0.1, 0.15) is 17.0 Å². The molecule has 0 saturated carbocycles. The molecule has 0 aliphatic carbocycles. The number of piperidine rings is 1. The minimum absolute atomic E-state index is 0.310. The number of hydrogen-bond donors (Lipinski definition) is 1. The third-order valence-corrected chi connectivity index (χ3v) is 5.72. The maximum atomic E-state index is 12.2. The van der Waals surface area contributed by atoms with Crippen molar-refractivity contribution >= 4 is 27.5 Å². The first-order valence-electron chi connectivity index (χ1n) is 8.49. The second-order valence-electron chi connectivity index (χ2n) is 7.51. The van der Waals surface area contributed by atoms with Gasteiger partial charge in [0.2, 0.25) is 0 Å². The lowest BCUT2D eigenvalue weighted by Gasteiger charge is -2.38. The summed E-state index contributed by atoms with van der Waals surface area (Å²) in [7, 11) is 1.65. The molecule has 6 heteroatoms. The van der Waals surface area contributed by atoms with Crippen molar-refractivity contribution in [3.63, 3.8) is 0 Å². The Balaban J connectivity index is 1.73. The Morgan fingerprint density at radius 2 is 1.92 bits per heavy atom. The molecule has 3 rings (SSSR count). The summed E-state index contributed by atoms with van der Waals surface area (Å²) < 4.78 is 11.8. The van der Waals surface area contributed by atoms with E-state index in [0.29, 0.717) is 25.9 Å². The second kappa shape index (κ2) is 6.50. The zero-order valence-corrected chi connectivity index (χ0v) is 16.0. The monoisotopic (exact) mass is 363 g/mol. The Morgan fingerprint density at radius 3 is 2.52 bits per heavy atom. The van der Waals surface area contributed by atoms with Crippen LogP contribution < -0.4 is 4.74 Å². The van der Waals surface area contributed by atoms with E-state index >= 15 is 0 Å². The van der Waals surface area contributed by atoms with Gasteiger partial charge in [-0.25, -0.2) is 4.79 Å². The number of likely N-dealkylation sites (tertiary alicyclic amines) is 1. The van der Waals surface area contributed by atoms with Gasteiger partial charge in [-0.05, 0) is 63.3 Å². The molecule has 0 bridgehead atoms. The number of ether oxygens (including phenoxy) is 2. The molecule has 0 unspecified atom stereocenters. The Hall–Kier alpha value is -1.79. The van der Waals surface area contributed by atoms with Crippen LogP contribution in [0.15, 0.2) is 24.3 Å². The smallest absolute Gasteiger partial charge is 0.410 e. The van der Waals surface area contributed by atoms with Crippen LogP contribution in [0, 0.1) is 0 Å². The van der Waals surface area contributed by atoms with E-state index in [-0.39, 0.29) is 6.09 Å². The Morgan fingerprint density at radius 1 is 1.24 bits per heavy atom. The molecule has 1 aliphatic rings. The van der Waals surface area contributed by atoms with Crippen LogP contribution >= 0.6 is 11.3 Å². The maximum absolute atomic E-state index is 12.2. The van der Waals surface area contributed by atoms with Gasteiger partial charge in [-0.3, -0.25) is 0 Å². The van der Waals surface area contributed by atoms with E-state index in [1.807, 2.05) is 45.0 Å². The average molecular weight is 363 g/mol. The topological polar surface area (TPSA) is 59.0 Å². The minimum atomic E-state index is -0.893. The molecule has 0 atom stereocenters. The van der Waals surface area contributed by atoms with Gasteiger partial charge in [0.15, 0.2) is 0 Å². The molecule has 2 aromatic rings. The van der Waals surface area contributed by atoms with Crippen LogP contribution in [0.1, 0.15) is 38.5 Å². The van der Waals surface area contributed by atoms with Crippen LogP contribution in [0.3, 0.4) is 0 Å². The first-order chi connectivity index (χ1) is 11.7. The Bertz CT molecular complexity index is 769. The predicted molar refractivity (Wildman–Crippen MR) is 99.3 cm³/mol.